The number of likely N-dealkylation sites (tertiary alicyclic amines) is 1. The fourth-order valence-corrected chi connectivity index (χ4v) is 5.63. The molecule has 2 aliphatic heterocycles. The van der Waals surface area contributed by atoms with E-state index in [2.05, 4.69) is 10.1 Å². The molecule has 1 aromatic heterocycles. The van der Waals surface area contributed by atoms with E-state index >= 15 is 0 Å². The third-order valence-electron chi connectivity index (χ3n) is 5.18. The molecule has 2 unspecified atom stereocenters. The number of benzene rings is 1. The molecule has 0 saturated carbocycles. The summed E-state index contributed by atoms with van der Waals surface area (Å²) in [6, 6.07) is 11.4. The molecule has 0 N–H and O–H groups in total. The molecule has 3 heterocycles. The first-order valence-electron chi connectivity index (χ1n) is 8.66. The number of fused-ring (bicyclic) bond motifs is 1. The van der Waals surface area contributed by atoms with Crippen molar-refractivity contribution in [1.82, 2.24) is 14.4 Å². The van der Waals surface area contributed by atoms with Crippen LogP contribution in [0.5, 0.6) is 0 Å². The molecule has 7 heteroatoms. The second-order valence-electron chi connectivity index (χ2n) is 7.20. The quantitative estimate of drug-likeness (QED) is 0.813. The first kappa shape index (κ1) is 16.8. The Morgan fingerprint density at radius 3 is 2.40 bits per heavy atom. The summed E-state index contributed by atoms with van der Waals surface area (Å²) in [6.07, 6.45) is 0. The molecule has 2 fully saturated rings. The van der Waals surface area contributed by atoms with Gasteiger partial charge in [-0.1, -0.05) is 35.5 Å². The molecule has 0 radical (unpaired) electrons. The minimum Gasteiger partial charge on any atom is -0.361 e. The summed E-state index contributed by atoms with van der Waals surface area (Å²) in [6.45, 7) is 5.79. The first-order valence-corrected chi connectivity index (χ1v) is 10.3. The number of nitrogens with zero attached hydrogens (tertiary/aromatic N) is 3. The van der Waals surface area contributed by atoms with Gasteiger partial charge in [-0.3, -0.25) is 4.90 Å². The van der Waals surface area contributed by atoms with E-state index in [1.165, 1.54) is 0 Å². The van der Waals surface area contributed by atoms with Crippen molar-refractivity contribution in [3.8, 4) is 0 Å². The average molecular weight is 361 g/mol. The van der Waals surface area contributed by atoms with E-state index in [-0.39, 0.29) is 5.75 Å². The van der Waals surface area contributed by atoms with Gasteiger partial charge in [0.15, 0.2) is 0 Å². The Balaban J connectivity index is 1.35. The number of sulfonamides is 1. The summed E-state index contributed by atoms with van der Waals surface area (Å²) < 4.78 is 32.2. The van der Waals surface area contributed by atoms with Crippen LogP contribution in [0.4, 0.5) is 0 Å². The van der Waals surface area contributed by atoms with E-state index in [9.17, 15) is 8.42 Å². The molecule has 4 rings (SSSR count). The highest BCUT2D eigenvalue weighted by Crippen LogP contribution is 2.33. The monoisotopic (exact) mass is 361 g/mol. The number of rotatable bonds is 5. The molecule has 134 valence electrons. The van der Waals surface area contributed by atoms with Crippen LogP contribution in [0.2, 0.25) is 0 Å². The molecule has 1 aromatic carbocycles. The smallest absolute Gasteiger partial charge is 0.218 e. The highest BCUT2D eigenvalue weighted by molar-refractivity contribution is 7.88. The van der Waals surface area contributed by atoms with Crippen LogP contribution in [0.15, 0.2) is 40.9 Å². The van der Waals surface area contributed by atoms with Gasteiger partial charge >= 0.3 is 0 Å². The molecular formula is C18H23N3O3S. The molecule has 0 bridgehead atoms. The van der Waals surface area contributed by atoms with Crippen LogP contribution in [0.1, 0.15) is 17.0 Å². The molecule has 6 nitrogen and oxygen atoms in total. The van der Waals surface area contributed by atoms with Crippen molar-refractivity contribution >= 4 is 10.0 Å². The zero-order chi connectivity index (χ0) is 17.4. The van der Waals surface area contributed by atoms with Gasteiger partial charge in [-0.25, -0.2) is 12.7 Å². The van der Waals surface area contributed by atoms with E-state index in [0.717, 1.165) is 36.7 Å². The lowest BCUT2D eigenvalue weighted by atomic mass is 10.0. The lowest BCUT2D eigenvalue weighted by Gasteiger charge is -2.20. The Kier molecular flexibility index (Phi) is 4.39. The summed E-state index contributed by atoms with van der Waals surface area (Å²) in [5.41, 5.74) is 1.80. The molecule has 2 aliphatic rings. The summed E-state index contributed by atoms with van der Waals surface area (Å²) in [5, 5.41) is 4.05. The molecule has 0 amide bonds. The summed E-state index contributed by atoms with van der Waals surface area (Å²) >= 11 is 0. The summed E-state index contributed by atoms with van der Waals surface area (Å²) in [4.78, 5) is 2.35. The van der Waals surface area contributed by atoms with Crippen LogP contribution in [-0.4, -0.2) is 49.0 Å². The van der Waals surface area contributed by atoms with Gasteiger partial charge in [-0.05, 0) is 24.3 Å². The van der Waals surface area contributed by atoms with Gasteiger partial charge in [0.1, 0.15) is 5.76 Å². The fourth-order valence-electron chi connectivity index (χ4n) is 4.00. The molecule has 2 atom stereocenters. The highest BCUT2D eigenvalue weighted by Gasteiger charge is 2.43. The fraction of sp³-hybridized carbons (Fsp3) is 0.500. The molecule has 0 spiro atoms. The highest BCUT2D eigenvalue weighted by atomic mass is 32.2. The van der Waals surface area contributed by atoms with Crippen LogP contribution >= 0.6 is 0 Å². The van der Waals surface area contributed by atoms with Crippen LogP contribution < -0.4 is 0 Å². The van der Waals surface area contributed by atoms with Gasteiger partial charge in [-0.2, -0.15) is 0 Å². The van der Waals surface area contributed by atoms with Gasteiger partial charge in [-0.15, -0.1) is 0 Å². The maximum absolute atomic E-state index is 12.7. The summed E-state index contributed by atoms with van der Waals surface area (Å²) in [7, 11) is -3.24. The third-order valence-corrected chi connectivity index (χ3v) is 6.96. The largest absolute Gasteiger partial charge is 0.361 e. The minimum absolute atomic E-state index is 0.0925. The first-order chi connectivity index (χ1) is 12.0. The van der Waals surface area contributed by atoms with Gasteiger partial charge in [0.05, 0.1) is 11.4 Å². The lowest BCUT2D eigenvalue weighted by Crippen LogP contribution is -2.34. The zero-order valence-corrected chi connectivity index (χ0v) is 15.2. The predicted molar refractivity (Wildman–Crippen MR) is 94.1 cm³/mol. The topological polar surface area (TPSA) is 66.7 Å². The second kappa shape index (κ2) is 6.55. The number of aromatic nitrogens is 1. The second-order valence-corrected chi connectivity index (χ2v) is 9.17. The van der Waals surface area contributed by atoms with Crippen molar-refractivity contribution in [3.05, 3.63) is 53.4 Å². The molecule has 2 saturated heterocycles. The van der Waals surface area contributed by atoms with Gasteiger partial charge in [0.2, 0.25) is 10.0 Å². The predicted octanol–water partition coefficient (Wildman–Crippen LogP) is 1.88. The van der Waals surface area contributed by atoms with Crippen molar-refractivity contribution < 1.29 is 12.9 Å². The number of hydrogen-bond acceptors (Lipinski definition) is 5. The maximum Gasteiger partial charge on any atom is 0.218 e. The van der Waals surface area contributed by atoms with Crippen molar-refractivity contribution in [2.45, 2.75) is 19.2 Å². The molecule has 25 heavy (non-hydrogen) atoms. The van der Waals surface area contributed by atoms with E-state index in [1.807, 2.05) is 43.3 Å². The third kappa shape index (κ3) is 3.63. The lowest BCUT2D eigenvalue weighted by molar-refractivity contribution is 0.278. The standard InChI is InChI=1S/C18H23N3O3S/c1-14-7-18(19-24-14)12-20-8-16-10-21(11-17(16)9-20)25(22,23)13-15-5-3-2-4-6-15/h2-7,16-17H,8-13H2,1H3. The molecule has 2 aromatic rings. The van der Waals surface area contributed by atoms with Crippen molar-refractivity contribution in [2.75, 3.05) is 26.2 Å². The maximum atomic E-state index is 12.7. The van der Waals surface area contributed by atoms with Crippen LogP contribution in [0.25, 0.3) is 0 Å². The van der Waals surface area contributed by atoms with E-state index in [1.54, 1.807) is 4.31 Å². The van der Waals surface area contributed by atoms with Gasteiger partial charge < -0.3 is 4.52 Å². The Morgan fingerprint density at radius 1 is 1.12 bits per heavy atom. The normalized spacial score (nSPS) is 24.7. The van der Waals surface area contributed by atoms with Gasteiger partial charge in [0.25, 0.3) is 0 Å². The van der Waals surface area contributed by atoms with E-state index < -0.39 is 10.0 Å². The van der Waals surface area contributed by atoms with Crippen LogP contribution in [-0.2, 0) is 22.3 Å². The Bertz CT molecular complexity index is 820. The Labute approximate surface area is 148 Å². The minimum atomic E-state index is -3.24. The van der Waals surface area contributed by atoms with Crippen molar-refractivity contribution in [1.29, 1.82) is 0 Å². The van der Waals surface area contributed by atoms with Crippen molar-refractivity contribution in [2.24, 2.45) is 11.8 Å². The van der Waals surface area contributed by atoms with Crippen LogP contribution in [0.3, 0.4) is 0 Å². The number of aryl methyl sites for hydroxylation is 1. The Hall–Kier alpha value is -1.70. The van der Waals surface area contributed by atoms with E-state index in [0.29, 0.717) is 24.9 Å². The average Bonchev–Trinajstić information content (AvgIpc) is 3.23. The van der Waals surface area contributed by atoms with Gasteiger partial charge in [0, 0.05) is 38.8 Å². The number of hydrogen-bond donors (Lipinski definition) is 0. The summed E-state index contributed by atoms with van der Waals surface area (Å²) in [5.74, 6) is 1.75. The molecular weight excluding hydrogens is 338 g/mol. The van der Waals surface area contributed by atoms with Crippen LogP contribution in [0, 0.1) is 18.8 Å². The Morgan fingerprint density at radius 2 is 1.80 bits per heavy atom. The SMILES string of the molecule is Cc1cc(CN2CC3CN(S(=O)(=O)Cc4ccccc4)CC3C2)no1. The molecule has 0 aliphatic carbocycles. The zero-order valence-electron chi connectivity index (χ0n) is 14.3. The van der Waals surface area contributed by atoms with E-state index in [4.69, 9.17) is 4.52 Å². The van der Waals surface area contributed by atoms with Crippen molar-refractivity contribution in [3.63, 3.8) is 0 Å².